The number of rotatable bonds is 2. The van der Waals surface area contributed by atoms with Gasteiger partial charge in [-0.05, 0) is 30.2 Å². The van der Waals surface area contributed by atoms with Gasteiger partial charge in [-0.2, -0.15) is 0 Å². The fourth-order valence-electron chi connectivity index (χ4n) is 3.83. The monoisotopic (exact) mass is 350 g/mol. The minimum absolute atomic E-state index is 0.0328. The molecule has 1 aliphatic carbocycles. The number of nitrogens with zero attached hydrogens (tertiary/aromatic N) is 1. The van der Waals surface area contributed by atoms with Crippen LogP contribution in [0.3, 0.4) is 0 Å². The summed E-state index contributed by atoms with van der Waals surface area (Å²) in [4.78, 5) is 26.2. The Bertz CT molecular complexity index is 751. The highest BCUT2D eigenvalue weighted by Gasteiger charge is 2.51. The van der Waals surface area contributed by atoms with Crippen LogP contribution in [0.2, 0.25) is 5.02 Å². The largest absolute Gasteiger partial charge is 0.396 e. The number of hydrogen-bond donors (Lipinski definition) is 1. The Balaban J connectivity index is 1.67. The van der Waals surface area contributed by atoms with Crippen LogP contribution in [-0.4, -0.2) is 29.7 Å². The number of allylic oxidation sites excluding steroid dienone is 1. The molecule has 128 valence electrons. The molecule has 0 bridgehead atoms. The maximum atomic E-state index is 13.5. The van der Waals surface area contributed by atoms with Crippen LogP contribution in [0.15, 0.2) is 30.0 Å². The van der Waals surface area contributed by atoms with Crippen LogP contribution < -0.4 is 5.73 Å². The number of halogens is 2. The summed E-state index contributed by atoms with van der Waals surface area (Å²) in [6.07, 6.45) is 2.62. The molecule has 0 aromatic heterocycles. The van der Waals surface area contributed by atoms with Crippen molar-refractivity contribution < 1.29 is 14.0 Å². The Morgan fingerprint density at radius 1 is 1.38 bits per heavy atom. The topological polar surface area (TPSA) is 63.4 Å². The number of carbonyl (C=O) groups excluding carboxylic acids is 2. The summed E-state index contributed by atoms with van der Waals surface area (Å²) in [5, 5.41) is 0.0452. The van der Waals surface area contributed by atoms with Gasteiger partial charge in [0.15, 0.2) is 5.78 Å². The average molecular weight is 351 g/mol. The van der Waals surface area contributed by atoms with Gasteiger partial charge in [-0.3, -0.25) is 9.59 Å². The van der Waals surface area contributed by atoms with E-state index >= 15 is 0 Å². The Morgan fingerprint density at radius 3 is 2.62 bits per heavy atom. The van der Waals surface area contributed by atoms with Gasteiger partial charge in [0.2, 0.25) is 5.91 Å². The van der Waals surface area contributed by atoms with E-state index in [0.29, 0.717) is 25.1 Å². The summed E-state index contributed by atoms with van der Waals surface area (Å²) in [5.41, 5.74) is 6.03. The lowest BCUT2D eigenvalue weighted by Crippen LogP contribution is -2.61. The first-order chi connectivity index (χ1) is 11.1. The van der Waals surface area contributed by atoms with E-state index in [1.165, 1.54) is 12.1 Å². The minimum atomic E-state index is -0.523. The van der Waals surface area contributed by atoms with E-state index in [1.807, 2.05) is 19.9 Å². The molecule has 1 saturated heterocycles. The highest BCUT2D eigenvalue weighted by atomic mass is 35.5. The number of nitrogens with two attached hydrogens (primary N) is 1. The molecule has 4 nitrogen and oxygen atoms in total. The van der Waals surface area contributed by atoms with Gasteiger partial charge in [0.25, 0.3) is 0 Å². The van der Waals surface area contributed by atoms with E-state index in [-0.39, 0.29) is 34.2 Å². The van der Waals surface area contributed by atoms with Crippen molar-refractivity contribution in [2.24, 2.45) is 16.6 Å². The van der Waals surface area contributed by atoms with E-state index in [2.05, 4.69) is 0 Å². The van der Waals surface area contributed by atoms with Crippen LogP contribution in [0.25, 0.3) is 0 Å². The molecule has 1 aromatic carbocycles. The zero-order valence-electron chi connectivity index (χ0n) is 13.7. The highest BCUT2D eigenvalue weighted by molar-refractivity contribution is 6.30. The van der Waals surface area contributed by atoms with Gasteiger partial charge < -0.3 is 10.6 Å². The number of carbonyl (C=O) groups is 2. The molecule has 1 aliphatic heterocycles. The van der Waals surface area contributed by atoms with Crippen molar-refractivity contribution in [2.75, 3.05) is 13.1 Å². The third-order valence-electron chi connectivity index (χ3n) is 4.84. The molecular weight excluding hydrogens is 331 g/mol. The molecule has 6 heteroatoms. The molecule has 1 amide bonds. The second kappa shape index (κ2) is 5.59. The van der Waals surface area contributed by atoms with Gasteiger partial charge in [0.05, 0.1) is 17.1 Å². The first kappa shape index (κ1) is 17.0. The van der Waals surface area contributed by atoms with E-state index in [1.54, 1.807) is 11.0 Å². The summed E-state index contributed by atoms with van der Waals surface area (Å²) in [5.74, 6) is -0.621. The number of benzene rings is 1. The zero-order valence-corrected chi connectivity index (χ0v) is 14.5. The predicted molar refractivity (Wildman–Crippen MR) is 89.8 cm³/mol. The minimum Gasteiger partial charge on any atom is -0.396 e. The number of hydrogen-bond acceptors (Lipinski definition) is 3. The van der Waals surface area contributed by atoms with Crippen molar-refractivity contribution >= 4 is 23.3 Å². The van der Waals surface area contributed by atoms with Gasteiger partial charge in [-0.1, -0.05) is 31.5 Å². The molecule has 1 spiro atoms. The quantitative estimate of drug-likeness (QED) is 0.892. The SMILES string of the molecule is CC1(C)CC2(C=C(N)C1=O)CN(C(=O)Cc1ccc(Cl)c(F)c1)C2. The molecule has 0 radical (unpaired) electrons. The molecule has 0 saturated carbocycles. The second-order valence-electron chi connectivity index (χ2n) is 7.53. The second-order valence-corrected chi connectivity index (χ2v) is 7.93. The summed E-state index contributed by atoms with van der Waals surface area (Å²) in [6, 6.07) is 4.39. The van der Waals surface area contributed by atoms with E-state index in [9.17, 15) is 14.0 Å². The molecular formula is C18H20ClFN2O2. The van der Waals surface area contributed by atoms with Crippen molar-refractivity contribution in [3.8, 4) is 0 Å². The first-order valence-electron chi connectivity index (χ1n) is 7.87. The number of amides is 1. The van der Waals surface area contributed by atoms with E-state index in [4.69, 9.17) is 17.3 Å². The standard InChI is InChI=1S/C18H20ClFN2O2/c1-17(2)8-18(7-14(21)16(17)24)9-22(10-18)15(23)6-11-3-4-12(19)13(20)5-11/h3-5,7H,6,8-10,21H2,1-2H3. The zero-order chi connectivity index (χ0) is 17.7. The smallest absolute Gasteiger partial charge is 0.227 e. The summed E-state index contributed by atoms with van der Waals surface area (Å²) >= 11 is 5.65. The Morgan fingerprint density at radius 2 is 2.04 bits per heavy atom. The lowest BCUT2D eigenvalue weighted by Gasteiger charge is -2.53. The molecule has 3 rings (SSSR count). The number of Topliss-reactive ketones (excluding diaryl/α,β-unsaturated/α-hetero) is 1. The predicted octanol–water partition coefficient (Wildman–Crippen LogP) is 2.69. The summed E-state index contributed by atoms with van der Waals surface area (Å²) in [6.45, 7) is 4.86. The van der Waals surface area contributed by atoms with Gasteiger partial charge in [-0.15, -0.1) is 0 Å². The average Bonchev–Trinajstić information content (AvgIpc) is 2.45. The van der Waals surface area contributed by atoms with Crippen LogP contribution in [0.1, 0.15) is 25.8 Å². The third-order valence-corrected chi connectivity index (χ3v) is 5.14. The molecule has 0 unspecified atom stereocenters. The van der Waals surface area contributed by atoms with Crippen molar-refractivity contribution in [1.82, 2.24) is 4.90 Å². The fraction of sp³-hybridized carbons (Fsp3) is 0.444. The highest BCUT2D eigenvalue weighted by Crippen LogP contribution is 2.47. The molecule has 2 N–H and O–H groups in total. The first-order valence-corrected chi connectivity index (χ1v) is 8.25. The van der Waals surface area contributed by atoms with E-state index < -0.39 is 11.2 Å². The number of likely N-dealkylation sites (tertiary alicyclic amines) is 1. The maximum absolute atomic E-state index is 13.5. The van der Waals surface area contributed by atoms with Gasteiger partial charge >= 0.3 is 0 Å². The van der Waals surface area contributed by atoms with Crippen molar-refractivity contribution in [3.63, 3.8) is 0 Å². The van der Waals surface area contributed by atoms with Gasteiger partial charge in [0.1, 0.15) is 5.82 Å². The maximum Gasteiger partial charge on any atom is 0.227 e. The van der Waals surface area contributed by atoms with Gasteiger partial charge in [-0.25, -0.2) is 4.39 Å². The molecule has 24 heavy (non-hydrogen) atoms. The lowest BCUT2D eigenvalue weighted by atomic mass is 9.62. The molecule has 0 atom stereocenters. The number of ketones is 1. The van der Waals surface area contributed by atoms with Crippen molar-refractivity contribution in [2.45, 2.75) is 26.7 Å². The third kappa shape index (κ3) is 2.93. The molecule has 1 fully saturated rings. The van der Waals surface area contributed by atoms with Crippen LogP contribution in [0, 0.1) is 16.6 Å². The van der Waals surface area contributed by atoms with Crippen LogP contribution in [0.4, 0.5) is 4.39 Å². The van der Waals surface area contributed by atoms with Crippen LogP contribution in [0.5, 0.6) is 0 Å². The van der Waals surface area contributed by atoms with Gasteiger partial charge in [0, 0.05) is 23.9 Å². The van der Waals surface area contributed by atoms with Crippen molar-refractivity contribution in [3.05, 3.63) is 46.4 Å². The summed E-state index contributed by atoms with van der Waals surface area (Å²) < 4.78 is 13.5. The van der Waals surface area contributed by atoms with Crippen LogP contribution in [-0.2, 0) is 16.0 Å². The van der Waals surface area contributed by atoms with E-state index in [0.717, 1.165) is 0 Å². The fourth-order valence-corrected chi connectivity index (χ4v) is 3.94. The van der Waals surface area contributed by atoms with Crippen LogP contribution >= 0.6 is 11.6 Å². The summed E-state index contributed by atoms with van der Waals surface area (Å²) in [7, 11) is 0. The Kier molecular flexibility index (Phi) is 3.95. The molecule has 2 aliphatic rings. The molecule has 1 aromatic rings. The normalized spacial score (nSPS) is 21.4. The Hall–Kier alpha value is -1.88. The molecule has 1 heterocycles. The lowest BCUT2D eigenvalue weighted by molar-refractivity contribution is -0.143. The van der Waals surface area contributed by atoms with Crippen molar-refractivity contribution in [1.29, 1.82) is 0 Å². The Labute approximate surface area is 145 Å².